The Hall–Kier alpha value is -2.57. The summed E-state index contributed by atoms with van der Waals surface area (Å²) in [4.78, 5) is 29.8. The number of hydrogen-bond acceptors (Lipinski definition) is 5. The van der Waals surface area contributed by atoms with Crippen molar-refractivity contribution >= 4 is 40.5 Å². The van der Waals surface area contributed by atoms with Gasteiger partial charge in [0.05, 0.1) is 22.8 Å². The molecular weight excluding hydrogens is 360 g/mol. The SMILES string of the molecule is Cc1ccc(C2=C(SCCO)C(=O)N(c3cccc(N(C)C)c3)C2=O)cc1. The van der Waals surface area contributed by atoms with Gasteiger partial charge in [-0.25, -0.2) is 4.90 Å². The molecule has 0 fully saturated rings. The lowest BCUT2D eigenvalue weighted by atomic mass is 10.0. The summed E-state index contributed by atoms with van der Waals surface area (Å²) in [5.41, 5.74) is 3.64. The second kappa shape index (κ2) is 7.98. The highest BCUT2D eigenvalue weighted by Crippen LogP contribution is 2.39. The Morgan fingerprint density at radius 3 is 2.37 bits per heavy atom. The van der Waals surface area contributed by atoms with E-state index in [2.05, 4.69) is 0 Å². The molecule has 0 spiro atoms. The smallest absolute Gasteiger partial charge is 0.272 e. The average molecular weight is 382 g/mol. The molecular formula is C21H22N2O3S. The van der Waals surface area contributed by atoms with Crippen LogP contribution in [-0.2, 0) is 9.59 Å². The molecule has 2 amide bonds. The molecule has 1 aliphatic heterocycles. The van der Waals surface area contributed by atoms with Gasteiger partial charge in [0.15, 0.2) is 0 Å². The quantitative estimate of drug-likeness (QED) is 0.778. The summed E-state index contributed by atoms with van der Waals surface area (Å²) >= 11 is 1.22. The van der Waals surface area contributed by atoms with E-state index >= 15 is 0 Å². The van der Waals surface area contributed by atoms with Gasteiger partial charge in [0.2, 0.25) is 0 Å². The number of aliphatic hydroxyl groups is 1. The Labute approximate surface area is 163 Å². The number of thioether (sulfide) groups is 1. The second-order valence-electron chi connectivity index (χ2n) is 6.50. The van der Waals surface area contributed by atoms with Gasteiger partial charge in [-0.3, -0.25) is 9.59 Å². The van der Waals surface area contributed by atoms with E-state index in [-0.39, 0.29) is 18.4 Å². The number of hydrogen-bond donors (Lipinski definition) is 1. The van der Waals surface area contributed by atoms with Crippen LogP contribution in [0.1, 0.15) is 11.1 Å². The minimum absolute atomic E-state index is 0.0626. The van der Waals surface area contributed by atoms with Crippen molar-refractivity contribution < 1.29 is 14.7 Å². The average Bonchev–Trinajstić information content (AvgIpc) is 2.90. The topological polar surface area (TPSA) is 60.9 Å². The first-order valence-corrected chi connectivity index (χ1v) is 9.63. The molecule has 1 heterocycles. The third-order valence-electron chi connectivity index (χ3n) is 4.32. The lowest BCUT2D eigenvalue weighted by molar-refractivity contribution is -0.119. The van der Waals surface area contributed by atoms with Gasteiger partial charge in [0, 0.05) is 25.5 Å². The molecule has 27 heavy (non-hydrogen) atoms. The fourth-order valence-corrected chi connectivity index (χ4v) is 3.77. The molecule has 1 aliphatic rings. The van der Waals surface area contributed by atoms with Crippen LogP contribution >= 0.6 is 11.8 Å². The van der Waals surface area contributed by atoms with Gasteiger partial charge in [-0.05, 0) is 30.7 Å². The number of carbonyl (C=O) groups excluding carboxylic acids is 2. The molecule has 0 aromatic heterocycles. The van der Waals surface area contributed by atoms with E-state index in [9.17, 15) is 14.7 Å². The number of carbonyl (C=O) groups is 2. The van der Waals surface area contributed by atoms with E-state index in [1.165, 1.54) is 16.7 Å². The zero-order valence-electron chi connectivity index (χ0n) is 15.6. The molecule has 6 heteroatoms. The molecule has 0 bridgehead atoms. The summed E-state index contributed by atoms with van der Waals surface area (Å²) in [7, 11) is 3.82. The number of aliphatic hydroxyl groups excluding tert-OH is 1. The van der Waals surface area contributed by atoms with Crippen LogP contribution < -0.4 is 9.80 Å². The van der Waals surface area contributed by atoms with Gasteiger partial charge in [0.1, 0.15) is 0 Å². The standard InChI is InChI=1S/C21H22N2O3S/c1-14-7-9-15(10-8-14)18-19(27-12-11-24)21(26)23(20(18)25)17-6-4-5-16(13-17)22(2)3/h4-10,13,24H,11-12H2,1-3H3. The Morgan fingerprint density at radius 1 is 1.04 bits per heavy atom. The lowest BCUT2D eigenvalue weighted by Crippen LogP contribution is -2.31. The predicted molar refractivity (Wildman–Crippen MR) is 111 cm³/mol. The van der Waals surface area contributed by atoms with Crippen LogP contribution in [0.25, 0.3) is 5.57 Å². The Bertz CT molecular complexity index is 904. The summed E-state index contributed by atoms with van der Waals surface area (Å²) in [6.07, 6.45) is 0. The fraction of sp³-hybridized carbons (Fsp3) is 0.238. The maximum Gasteiger partial charge on any atom is 0.272 e. The minimum Gasteiger partial charge on any atom is -0.396 e. The van der Waals surface area contributed by atoms with Crippen LogP contribution in [0.4, 0.5) is 11.4 Å². The molecule has 0 unspecified atom stereocenters. The maximum atomic E-state index is 13.2. The third kappa shape index (κ3) is 3.77. The highest BCUT2D eigenvalue weighted by molar-refractivity contribution is 8.04. The number of nitrogens with zero attached hydrogens (tertiary/aromatic N) is 2. The lowest BCUT2D eigenvalue weighted by Gasteiger charge is -2.19. The predicted octanol–water partition coefficient (Wildman–Crippen LogP) is 3.07. The molecule has 1 N–H and O–H groups in total. The van der Waals surface area contributed by atoms with Crippen molar-refractivity contribution in [2.75, 3.05) is 36.3 Å². The summed E-state index contributed by atoms with van der Waals surface area (Å²) < 4.78 is 0. The normalized spacial score (nSPS) is 14.3. The van der Waals surface area contributed by atoms with Gasteiger partial charge in [-0.15, -0.1) is 11.8 Å². The van der Waals surface area contributed by atoms with E-state index in [1.807, 2.05) is 68.4 Å². The first-order chi connectivity index (χ1) is 12.9. The summed E-state index contributed by atoms with van der Waals surface area (Å²) in [5, 5.41) is 9.19. The number of anilines is 2. The second-order valence-corrected chi connectivity index (χ2v) is 7.61. The van der Waals surface area contributed by atoms with E-state index in [1.54, 1.807) is 6.07 Å². The molecule has 2 aromatic rings. The van der Waals surface area contributed by atoms with E-state index in [0.717, 1.165) is 11.3 Å². The minimum atomic E-state index is -0.343. The van der Waals surface area contributed by atoms with Crippen molar-refractivity contribution in [1.82, 2.24) is 0 Å². The number of amides is 2. The van der Waals surface area contributed by atoms with Gasteiger partial charge in [-0.2, -0.15) is 0 Å². The molecule has 2 aromatic carbocycles. The van der Waals surface area contributed by atoms with Crippen molar-refractivity contribution in [1.29, 1.82) is 0 Å². The first-order valence-electron chi connectivity index (χ1n) is 8.65. The van der Waals surface area contributed by atoms with Crippen LogP contribution in [0, 0.1) is 6.92 Å². The largest absolute Gasteiger partial charge is 0.396 e. The van der Waals surface area contributed by atoms with E-state index < -0.39 is 0 Å². The van der Waals surface area contributed by atoms with E-state index in [0.29, 0.717) is 27.5 Å². The third-order valence-corrected chi connectivity index (χ3v) is 5.38. The van der Waals surface area contributed by atoms with Crippen LogP contribution in [0.5, 0.6) is 0 Å². The fourth-order valence-electron chi connectivity index (χ4n) is 2.91. The van der Waals surface area contributed by atoms with Crippen LogP contribution in [0.2, 0.25) is 0 Å². The first kappa shape index (κ1) is 19.2. The van der Waals surface area contributed by atoms with Crippen LogP contribution in [0.15, 0.2) is 53.4 Å². The van der Waals surface area contributed by atoms with Gasteiger partial charge in [-0.1, -0.05) is 35.9 Å². The summed E-state index contributed by atoms with van der Waals surface area (Å²) in [5.74, 6) is -0.319. The monoisotopic (exact) mass is 382 g/mol. The molecule has 3 rings (SSSR count). The molecule has 0 atom stereocenters. The molecule has 0 aliphatic carbocycles. The summed E-state index contributed by atoms with van der Waals surface area (Å²) in [6.45, 7) is 1.91. The van der Waals surface area contributed by atoms with Crippen LogP contribution in [0.3, 0.4) is 0 Å². The van der Waals surface area contributed by atoms with E-state index in [4.69, 9.17) is 0 Å². The highest BCUT2D eigenvalue weighted by atomic mass is 32.2. The molecule has 0 saturated heterocycles. The molecule has 140 valence electrons. The highest BCUT2D eigenvalue weighted by Gasteiger charge is 2.40. The zero-order valence-corrected chi connectivity index (χ0v) is 16.4. The number of aryl methyl sites for hydroxylation is 1. The van der Waals surface area contributed by atoms with Gasteiger partial charge < -0.3 is 10.0 Å². The Kier molecular flexibility index (Phi) is 5.68. The van der Waals surface area contributed by atoms with Crippen molar-refractivity contribution in [3.63, 3.8) is 0 Å². The molecule has 0 saturated carbocycles. The Balaban J connectivity index is 2.06. The number of imide groups is 1. The number of benzene rings is 2. The Morgan fingerprint density at radius 2 is 1.74 bits per heavy atom. The molecule has 5 nitrogen and oxygen atoms in total. The zero-order chi connectivity index (χ0) is 19.6. The van der Waals surface area contributed by atoms with Crippen molar-refractivity contribution in [2.24, 2.45) is 0 Å². The van der Waals surface area contributed by atoms with Gasteiger partial charge >= 0.3 is 0 Å². The maximum absolute atomic E-state index is 13.2. The summed E-state index contributed by atoms with van der Waals surface area (Å²) in [6, 6.07) is 14.9. The van der Waals surface area contributed by atoms with Crippen LogP contribution in [-0.4, -0.2) is 43.4 Å². The molecule has 0 radical (unpaired) electrons. The van der Waals surface area contributed by atoms with Crippen molar-refractivity contribution in [2.45, 2.75) is 6.92 Å². The van der Waals surface area contributed by atoms with Crippen molar-refractivity contribution in [3.05, 3.63) is 64.6 Å². The number of rotatable bonds is 6. The van der Waals surface area contributed by atoms with Gasteiger partial charge in [0.25, 0.3) is 11.8 Å². The van der Waals surface area contributed by atoms with Crippen molar-refractivity contribution in [3.8, 4) is 0 Å².